The Morgan fingerprint density at radius 2 is 2.00 bits per heavy atom. The Morgan fingerprint density at radius 1 is 1.21 bits per heavy atom. The second-order valence-electron chi connectivity index (χ2n) is 7.75. The van der Waals surface area contributed by atoms with E-state index in [4.69, 9.17) is 9.26 Å². The van der Waals surface area contributed by atoms with Crippen LogP contribution in [0.25, 0.3) is 11.4 Å². The van der Waals surface area contributed by atoms with Gasteiger partial charge in [0.15, 0.2) is 0 Å². The summed E-state index contributed by atoms with van der Waals surface area (Å²) in [5.41, 5.74) is 0.869. The van der Waals surface area contributed by atoms with Crippen LogP contribution in [0.1, 0.15) is 25.7 Å². The number of carbonyl (C=O) groups is 1. The van der Waals surface area contributed by atoms with Crippen molar-refractivity contribution in [2.75, 3.05) is 51.3 Å². The van der Waals surface area contributed by atoms with E-state index in [0.717, 1.165) is 56.9 Å². The molecule has 0 unspecified atom stereocenters. The van der Waals surface area contributed by atoms with Gasteiger partial charge in [-0.2, -0.15) is 4.98 Å². The summed E-state index contributed by atoms with van der Waals surface area (Å²) < 4.78 is 10.7. The molecule has 2 fully saturated rings. The molecule has 8 heteroatoms. The number of amides is 1. The topological polar surface area (TPSA) is 83.7 Å². The van der Waals surface area contributed by atoms with Crippen molar-refractivity contribution in [3.8, 4) is 17.1 Å². The SMILES string of the molecule is COc1ccc(-c2noc(N3CCC[C@@H](C(=O)NCCN4CCCC4)C3)n2)cc1. The Morgan fingerprint density at radius 3 is 2.76 bits per heavy atom. The smallest absolute Gasteiger partial charge is 0.324 e. The molecular formula is C21H29N5O3. The number of hydrogen-bond donors (Lipinski definition) is 1. The lowest BCUT2D eigenvalue weighted by molar-refractivity contribution is -0.125. The van der Waals surface area contributed by atoms with Crippen molar-refractivity contribution in [3.05, 3.63) is 24.3 Å². The van der Waals surface area contributed by atoms with Crippen LogP contribution < -0.4 is 15.0 Å². The van der Waals surface area contributed by atoms with Crippen LogP contribution >= 0.6 is 0 Å². The number of ether oxygens (including phenoxy) is 1. The molecule has 2 aromatic rings. The van der Waals surface area contributed by atoms with Gasteiger partial charge in [0.25, 0.3) is 0 Å². The van der Waals surface area contributed by atoms with Gasteiger partial charge in [0.2, 0.25) is 11.7 Å². The molecule has 0 spiro atoms. The Labute approximate surface area is 171 Å². The zero-order valence-electron chi connectivity index (χ0n) is 17.0. The molecule has 0 aliphatic carbocycles. The Balaban J connectivity index is 1.32. The first-order valence-electron chi connectivity index (χ1n) is 10.5. The summed E-state index contributed by atoms with van der Waals surface area (Å²) in [5, 5.41) is 7.21. The van der Waals surface area contributed by atoms with Gasteiger partial charge >= 0.3 is 6.01 Å². The monoisotopic (exact) mass is 399 g/mol. The highest BCUT2D eigenvalue weighted by Crippen LogP contribution is 2.25. The Kier molecular flexibility index (Phi) is 6.29. The molecule has 1 amide bonds. The van der Waals surface area contributed by atoms with Crippen molar-refractivity contribution < 1.29 is 14.1 Å². The van der Waals surface area contributed by atoms with Crippen molar-refractivity contribution in [1.29, 1.82) is 0 Å². The number of anilines is 1. The molecule has 0 saturated carbocycles. The van der Waals surface area contributed by atoms with Gasteiger partial charge in [-0.25, -0.2) is 0 Å². The van der Waals surface area contributed by atoms with Crippen LogP contribution in [0.2, 0.25) is 0 Å². The predicted molar refractivity (Wildman–Crippen MR) is 110 cm³/mol. The quantitative estimate of drug-likeness (QED) is 0.764. The van der Waals surface area contributed by atoms with Crippen molar-refractivity contribution in [2.45, 2.75) is 25.7 Å². The fourth-order valence-electron chi connectivity index (χ4n) is 4.05. The number of aromatic nitrogens is 2. The van der Waals surface area contributed by atoms with Crippen LogP contribution in [0.4, 0.5) is 6.01 Å². The van der Waals surface area contributed by atoms with Crippen LogP contribution in [0.5, 0.6) is 5.75 Å². The predicted octanol–water partition coefficient (Wildman–Crippen LogP) is 2.17. The summed E-state index contributed by atoms with van der Waals surface area (Å²) in [4.78, 5) is 21.6. The zero-order valence-corrected chi connectivity index (χ0v) is 17.0. The van der Waals surface area contributed by atoms with Crippen LogP contribution in [-0.2, 0) is 4.79 Å². The fourth-order valence-corrected chi connectivity index (χ4v) is 4.05. The van der Waals surface area contributed by atoms with Crippen molar-refractivity contribution in [1.82, 2.24) is 20.4 Å². The first kappa shape index (κ1) is 19.7. The Bertz CT molecular complexity index is 801. The standard InChI is InChI=1S/C21H29N5O3/c1-28-18-8-6-16(7-9-18)19-23-21(29-24-19)26-13-4-5-17(15-26)20(27)22-10-14-25-11-2-3-12-25/h6-9,17H,2-5,10-15H2,1H3,(H,22,27)/t17-/m1/s1. The third-order valence-electron chi connectivity index (χ3n) is 5.75. The van der Waals surface area contributed by atoms with Crippen LogP contribution in [0, 0.1) is 5.92 Å². The minimum atomic E-state index is -0.0429. The van der Waals surface area contributed by atoms with Crippen LogP contribution in [0.3, 0.4) is 0 Å². The number of nitrogens with zero attached hydrogens (tertiary/aromatic N) is 4. The second kappa shape index (κ2) is 9.26. The molecule has 0 bridgehead atoms. The van der Waals surface area contributed by atoms with E-state index < -0.39 is 0 Å². The largest absolute Gasteiger partial charge is 0.497 e. The van der Waals surface area contributed by atoms with E-state index in [1.807, 2.05) is 29.2 Å². The number of benzene rings is 1. The van der Waals surface area contributed by atoms with Crippen molar-refractivity contribution in [3.63, 3.8) is 0 Å². The molecule has 29 heavy (non-hydrogen) atoms. The maximum Gasteiger partial charge on any atom is 0.324 e. The third kappa shape index (κ3) is 4.87. The molecule has 1 N–H and O–H groups in total. The highest BCUT2D eigenvalue weighted by molar-refractivity contribution is 5.79. The van der Waals surface area contributed by atoms with Gasteiger partial charge in [-0.05, 0) is 63.0 Å². The number of nitrogens with one attached hydrogen (secondary N) is 1. The summed E-state index contributed by atoms with van der Waals surface area (Å²) >= 11 is 0. The van der Waals surface area contributed by atoms with E-state index in [9.17, 15) is 4.79 Å². The molecular weight excluding hydrogens is 370 g/mol. The van der Waals surface area contributed by atoms with Gasteiger partial charge < -0.3 is 24.4 Å². The summed E-state index contributed by atoms with van der Waals surface area (Å²) in [6.45, 7) is 5.40. The zero-order chi connectivity index (χ0) is 20.1. The lowest BCUT2D eigenvalue weighted by atomic mass is 9.97. The Hall–Kier alpha value is -2.61. The highest BCUT2D eigenvalue weighted by Gasteiger charge is 2.28. The molecule has 8 nitrogen and oxygen atoms in total. The molecule has 1 aromatic heterocycles. The summed E-state index contributed by atoms with van der Waals surface area (Å²) in [6, 6.07) is 8.02. The fraction of sp³-hybridized carbons (Fsp3) is 0.571. The molecule has 1 aromatic carbocycles. The molecule has 2 aliphatic rings. The molecule has 2 aliphatic heterocycles. The van der Waals surface area contributed by atoms with Crippen LogP contribution in [-0.4, -0.2) is 67.3 Å². The summed E-state index contributed by atoms with van der Waals surface area (Å²) in [7, 11) is 1.64. The van der Waals surface area contributed by atoms with Gasteiger partial charge in [-0.1, -0.05) is 5.16 Å². The maximum absolute atomic E-state index is 12.6. The molecule has 2 saturated heterocycles. The molecule has 156 valence electrons. The van der Waals surface area contributed by atoms with Crippen LogP contribution in [0.15, 0.2) is 28.8 Å². The van der Waals surface area contributed by atoms with E-state index in [1.165, 1.54) is 12.8 Å². The number of hydrogen-bond acceptors (Lipinski definition) is 7. The average molecular weight is 399 g/mol. The first-order valence-corrected chi connectivity index (χ1v) is 10.5. The number of carbonyl (C=O) groups excluding carboxylic acids is 1. The lowest BCUT2D eigenvalue weighted by Crippen LogP contribution is -2.44. The maximum atomic E-state index is 12.6. The minimum absolute atomic E-state index is 0.0429. The number of rotatable bonds is 7. The van der Waals surface area contributed by atoms with E-state index in [2.05, 4.69) is 20.4 Å². The van der Waals surface area contributed by atoms with Crippen molar-refractivity contribution >= 4 is 11.9 Å². The summed E-state index contributed by atoms with van der Waals surface area (Å²) in [5.74, 6) is 1.41. The van der Waals surface area contributed by atoms with E-state index in [1.54, 1.807) is 7.11 Å². The first-order chi connectivity index (χ1) is 14.2. The number of likely N-dealkylation sites (tertiary alicyclic amines) is 1. The van der Waals surface area contributed by atoms with E-state index in [-0.39, 0.29) is 11.8 Å². The normalized spacial score (nSPS) is 20.0. The van der Waals surface area contributed by atoms with Gasteiger partial charge in [0.05, 0.1) is 13.0 Å². The van der Waals surface area contributed by atoms with Gasteiger partial charge in [-0.3, -0.25) is 4.79 Å². The summed E-state index contributed by atoms with van der Waals surface area (Å²) in [6.07, 6.45) is 4.37. The van der Waals surface area contributed by atoms with Crippen molar-refractivity contribution in [2.24, 2.45) is 5.92 Å². The average Bonchev–Trinajstić information content (AvgIpc) is 3.46. The number of piperidine rings is 1. The highest BCUT2D eigenvalue weighted by atomic mass is 16.5. The van der Waals surface area contributed by atoms with Gasteiger partial charge in [0.1, 0.15) is 5.75 Å². The molecule has 3 heterocycles. The lowest BCUT2D eigenvalue weighted by Gasteiger charge is -2.30. The van der Waals surface area contributed by atoms with E-state index in [0.29, 0.717) is 18.4 Å². The van der Waals surface area contributed by atoms with E-state index >= 15 is 0 Å². The van der Waals surface area contributed by atoms with Gasteiger partial charge in [-0.15, -0.1) is 0 Å². The molecule has 0 radical (unpaired) electrons. The molecule has 4 rings (SSSR count). The molecule has 1 atom stereocenters. The number of methoxy groups -OCH3 is 1. The second-order valence-corrected chi connectivity index (χ2v) is 7.75. The third-order valence-corrected chi connectivity index (χ3v) is 5.75. The minimum Gasteiger partial charge on any atom is -0.497 e. The van der Waals surface area contributed by atoms with Gasteiger partial charge in [0, 0.05) is 31.7 Å².